The first-order valence-electron chi connectivity index (χ1n) is 6.14. The zero-order valence-electron chi connectivity index (χ0n) is 10.9. The Kier molecular flexibility index (Phi) is 3.44. The Hall–Kier alpha value is -3.00. The molecule has 0 aliphatic heterocycles. The maximum absolute atomic E-state index is 9.28. The Morgan fingerprint density at radius 2 is 2.00 bits per heavy atom. The fraction of sp³-hybridized carbons (Fsp3) is 0.0769. The molecule has 8 heteroatoms. The summed E-state index contributed by atoms with van der Waals surface area (Å²) in [6.45, 7) is -0.150. The molecule has 0 spiro atoms. The smallest absolute Gasteiger partial charge is 0.328 e. The van der Waals surface area contributed by atoms with Crippen LogP contribution < -0.4 is 10.5 Å². The van der Waals surface area contributed by atoms with E-state index in [0.29, 0.717) is 11.3 Å². The molecule has 3 rings (SSSR count). The number of rotatable bonds is 4. The number of nitrogens with zero attached hydrogens (tertiary/aromatic N) is 5. The number of aliphatic hydroxyl groups excluding tert-OH is 1. The van der Waals surface area contributed by atoms with Crippen molar-refractivity contribution in [3.63, 3.8) is 0 Å². The van der Waals surface area contributed by atoms with Gasteiger partial charge in [-0.3, -0.25) is 0 Å². The highest BCUT2D eigenvalue weighted by atomic mass is 16.5. The zero-order valence-corrected chi connectivity index (χ0v) is 10.9. The largest absolute Gasteiger partial charge is 0.424 e. The van der Waals surface area contributed by atoms with Crippen LogP contribution in [0.15, 0.2) is 42.7 Å². The summed E-state index contributed by atoms with van der Waals surface area (Å²) in [5.41, 5.74) is 6.28. The van der Waals surface area contributed by atoms with Crippen molar-refractivity contribution in [3.8, 4) is 17.7 Å². The van der Waals surface area contributed by atoms with Crippen molar-refractivity contribution in [1.82, 2.24) is 24.7 Å². The summed E-state index contributed by atoms with van der Waals surface area (Å²) in [7, 11) is 0. The third-order valence-corrected chi connectivity index (χ3v) is 2.67. The van der Waals surface area contributed by atoms with Crippen LogP contribution in [-0.4, -0.2) is 29.8 Å². The van der Waals surface area contributed by atoms with E-state index in [2.05, 4.69) is 20.1 Å². The Bertz CT molecular complexity index is 744. The molecule has 2 heterocycles. The maximum Gasteiger partial charge on any atom is 0.328 e. The van der Waals surface area contributed by atoms with Crippen LogP contribution in [0.4, 0.5) is 5.95 Å². The molecule has 8 nitrogen and oxygen atoms in total. The van der Waals surface area contributed by atoms with Crippen LogP contribution >= 0.6 is 0 Å². The molecule has 0 saturated carbocycles. The van der Waals surface area contributed by atoms with E-state index in [-0.39, 0.29) is 24.5 Å². The Labute approximate surface area is 119 Å². The lowest BCUT2D eigenvalue weighted by Crippen LogP contribution is -2.08. The van der Waals surface area contributed by atoms with E-state index in [1.807, 2.05) is 0 Å². The summed E-state index contributed by atoms with van der Waals surface area (Å²) in [6.07, 6.45) is 3.28. The highest BCUT2D eigenvalue weighted by molar-refractivity contribution is 5.35. The second kappa shape index (κ2) is 5.55. The van der Waals surface area contributed by atoms with Crippen LogP contribution in [0, 0.1) is 0 Å². The van der Waals surface area contributed by atoms with Gasteiger partial charge in [-0.1, -0.05) is 18.2 Å². The highest BCUT2D eigenvalue weighted by Gasteiger charge is 2.10. The minimum Gasteiger partial charge on any atom is -0.424 e. The quantitative estimate of drug-likeness (QED) is 0.732. The van der Waals surface area contributed by atoms with Crippen LogP contribution in [-0.2, 0) is 6.61 Å². The molecule has 21 heavy (non-hydrogen) atoms. The monoisotopic (exact) mass is 284 g/mol. The Balaban J connectivity index is 1.96. The first-order valence-corrected chi connectivity index (χ1v) is 6.14. The summed E-state index contributed by atoms with van der Waals surface area (Å²) in [5.74, 6) is 0.730. The first-order chi connectivity index (χ1) is 10.3. The SMILES string of the molecule is Nc1nc(Oc2ccccc2CO)nc(-n2cccn2)n1. The van der Waals surface area contributed by atoms with Crippen LogP contribution in [0.25, 0.3) is 5.95 Å². The normalized spacial score (nSPS) is 10.5. The number of aliphatic hydroxyl groups is 1. The highest BCUT2D eigenvalue weighted by Crippen LogP contribution is 2.23. The van der Waals surface area contributed by atoms with E-state index in [1.54, 1.807) is 42.7 Å². The maximum atomic E-state index is 9.28. The molecule has 0 aliphatic carbocycles. The van der Waals surface area contributed by atoms with Crippen molar-refractivity contribution in [3.05, 3.63) is 48.3 Å². The van der Waals surface area contributed by atoms with Crippen molar-refractivity contribution < 1.29 is 9.84 Å². The van der Waals surface area contributed by atoms with Crippen LogP contribution in [0.1, 0.15) is 5.56 Å². The standard InChI is InChI=1S/C13H12N6O2/c14-11-16-12(19-7-3-6-15-19)18-13(17-11)21-10-5-2-1-4-9(10)8-20/h1-7,20H,8H2,(H2,14,16,17,18). The van der Waals surface area contributed by atoms with E-state index < -0.39 is 0 Å². The molecule has 0 bridgehead atoms. The van der Waals surface area contributed by atoms with Crippen molar-refractivity contribution >= 4 is 5.95 Å². The summed E-state index contributed by atoms with van der Waals surface area (Å²) in [4.78, 5) is 12.1. The predicted octanol–water partition coefficient (Wildman–Crippen LogP) is 0.924. The number of hydrogen-bond donors (Lipinski definition) is 2. The fourth-order valence-corrected chi connectivity index (χ4v) is 1.73. The first kappa shape index (κ1) is 13.0. The number of benzene rings is 1. The Morgan fingerprint density at radius 1 is 1.14 bits per heavy atom. The zero-order chi connectivity index (χ0) is 14.7. The van der Waals surface area contributed by atoms with Crippen LogP contribution in [0.5, 0.6) is 11.8 Å². The van der Waals surface area contributed by atoms with Gasteiger partial charge in [0.15, 0.2) is 0 Å². The number of para-hydroxylation sites is 1. The van der Waals surface area contributed by atoms with Gasteiger partial charge in [0.2, 0.25) is 5.95 Å². The van der Waals surface area contributed by atoms with Gasteiger partial charge < -0.3 is 15.6 Å². The van der Waals surface area contributed by atoms with Crippen molar-refractivity contribution in [1.29, 1.82) is 0 Å². The third kappa shape index (κ3) is 2.79. The fourth-order valence-electron chi connectivity index (χ4n) is 1.73. The molecule has 0 amide bonds. The van der Waals surface area contributed by atoms with E-state index in [1.165, 1.54) is 4.68 Å². The van der Waals surface area contributed by atoms with Crippen LogP contribution in [0.2, 0.25) is 0 Å². The molecule has 0 aliphatic rings. The summed E-state index contributed by atoms with van der Waals surface area (Å²) in [5, 5.41) is 13.3. The lowest BCUT2D eigenvalue weighted by molar-refractivity contribution is 0.275. The summed E-state index contributed by atoms with van der Waals surface area (Å²) < 4.78 is 7.02. The number of aromatic nitrogens is 5. The van der Waals surface area contributed by atoms with Gasteiger partial charge >= 0.3 is 6.01 Å². The second-order valence-corrected chi connectivity index (χ2v) is 4.09. The molecule has 0 radical (unpaired) electrons. The Morgan fingerprint density at radius 3 is 2.76 bits per heavy atom. The van der Waals surface area contributed by atoms with Gasteiger partial charge in [-0.05, 0) is 12.1 Å². The third-order valence-electron chi connectivity index (χ3n) is 2.67. The van der Waals surface area contributed by atoms with Crippen molar-refractivity contribution in [2.75, 3.05) is 5.73 Å². The van der Waals surface area contributed by atoms with Crippen molar-refractivity contribution in [2.45, 2.75) is 6.61 Å². The average Bonchev–Trinajstić information content (AvgIpc) is 3.01. The van der Waals surface area contributed by atoms with Gasteiger partial charge in [0.25, 0.3) is 5.95 Å². The molecular formula is C13H12N6O2. The van der Waals surface area contributed by atoms with Gasteiger partial charge in [-0.15, -0.1) is 0 Å². The molecule has 0 unspecified atom stereocenters. The minimum atomic E-state index is -0.150. The molecule has 3 aromatic rings. The molecule has 0 saturated heterocycles. The molecule has 3 N–H and O–H groups in total. The number of anilines is 1. The molecule has 2 aromatic heterocycles. The van der Waals surface area contributed by atoms with E-state index in [0.717, 1.165) is 0 Å². The summed E-state index contributed by atoms with van der Waals surface area (Å²) in [6, 6.07) is 8.81. The van der Waals surface area contributed by atoms with Gasteiger partial charge in [0, 0.05) is 18.0 Å². The van der Waals surface area contributed by atoms with Gasteiger partial charge in [0.1, 0.15) is 5.75 Å². The van der Waals surface area contributed by atoms with Crippen molar-refractivity contribution in [2.24, 2.45) is 0 Å². The minimum absolute atomic E-state index is 0.0204. The lowest BCUT2D eigenvalue weighted by atomic mass is 10.2. The second-order valence-electron chi connectivity index (χ2n) is 4.09. The summed E-state index contributed by atoms with van der Waals surface area (Å²) >= 11 is 0. The van der Waals surface area contributed by atoms with Gasteiger partial charge in [-0.2, -0.15) is 20.1 Å². The number of hydrogen-bond acceptors (Lipinski definition) is 7. The lowest BCUT2D eigenvalue weighted by Gasteiger charge is -2.09. The molecule has 106 valence electrons. The average molecular weight is 284 g/mol. The molecule has 0 fully saturated rings. The van der Waals surface area contributed by atoms with Crippen LogP contribution in [0.3, 0.4) is 0 Å². The predicted molar refractivity (Wildman–Crippen MR) is 73.8 cm³/mol. The van der Waals surface area contributed by atoms with E-state index in [4.69, 9.17) is 10.5 Å². The molecular weight excluding hydrogens is 272 g/mol. The molecule has 0 atom stereocenters. The number of nitrogen functional groups attached to an aromatic ring is 1. The van der Waals surface area contributed by atoms with E-state index in [9.17, 15) is 5.11 Å². The number of ether oxygens (including phenoxy) is 1. The topological polar surface area (TPSA) is 112 Å². The molecule has 1 aromatic carbocycles. The van der Waals surface area contributed by atoms with Gasteiger partial charge in [-0.25, -0.2) is 4.68 Å². The number of nitrogens with two attached hydrogens (primary N) is 1. The van der Waals surface area contributed by atoms with E-state index >= 15 is 0 Å². The van der Waals surface area contributed by atoms with Gasteiger partial charge in [0.05, 0.1) is 6.61 Å².